The van der Waals surface area contributed by atoms with Gasteiger partial charge in [0.25, 0.3) is 0 Å². The molecule has 0 unspecified atom stereocenters. The molecule has 0 spiro atoms. The van der Waals surface area contributed by atoms with Gasteiger partial charge in [-0.15, -0.1) is 0 Å². The first kappa shape index (κ1) is 12.5. The van der Waals surface area contributed by atoms with Crippen LogP contribution in [0.15, 0.2) is 47.8 Å². The van der Waals surface area contributed by atoms with Crippen molar-refractivity contribution < 1.29 is 8.42 Å². The fraction of sp³-hybridized carbons (Fsp3) is 0.167. The lowest BCUT2D eigenvalue weighted by Crippen LogP contribution is -2.12. The summed E-state index contributed by atoms with van der Waals surface area (Å²) in [5.41, 5.74) is 6.54. The summed E-state index contributed by atoms with van der Waals surface area (Å²) in [4.78, 5) is 8.00. The van der Waals surface area contributed by atoms with Crippen molar-refractivity contribution in [1.82, 2.24) is 9.97 Å². The van der Waals surface area contributed by atoms with Gasteiger partial charge in [-0.2, -0.15) is 0 Å². The van der Waals surface area contributed by atoms with Gasteiger partial charge in [-0.1, -0.05) is 6.07 Å². The molecule has 0 aliphatic rings. The van der Waals surface area contributed by atoms with Gasteiger partial charge in [0.1, 0.15) is 0 Å². The van der Waals surface area contributed by atoms with Gasteiger partial charge >= 0.3 is 0 Å². The van der Waals surface area contributed by atoms with Crippen LogP contribution in [0.3, 0.4) is 0 Å². The smallest absolute Gasteiger partial charge is 0.180 e. The molecule has 0 saturated carbocycles. The monoisotopic (exact) mass is 263 g/mol. The number of anilines is 1. The number of hydrogen-bond donors (Lipinski definition) is 1. The Bertz CT molecular complexity index is 627. The minimum atomic E-state index is -3.39. The second-order valence-electron chi connectivity index (χ2n) is 3.80. The molecule has 0 aliphatic heterocycles. The van der Waals surface area contributed by atoms with Crippen molar-refractivity contribution in [2.75, 3.05) is 11.5 Å². The molecule has 2 aromatic heterocycles. The average molecular weight is 263 g/mol. The quantitative estimate of drug-likeness (QED) is 0.891. The Morgan fingerprint density at radius 1 is 1.17 bits per heavy atom. The Hall–Kier alpha value is -1.95. The molecule has 5 nitrogen and oxygen atoms in total. The molecule has 0 fully saturated rings. The standard InChI is InChI=1S/C12H13N3O2S/c13-11-9-14-7-4-12(11)18(16,17)8-5-10-3-1-2-6-15-10/h1-4,6-7,9H,5,8,13H2. The molecule has 94 valence electrons. The number of sulfone groups is 1. The van der Waals surface area contributed by atoms with Crippen molar-refractivity contribution in [3.63, 3.8) is 0 Å². The molecule has 2 heterocycles. The number of nitrogens with zero attached hydrogens (tertiary/aromatic N) is 2. The number of aryl methyl sites for hydroxylation is 1. The van der Waals surface area contributed by atoms with Gasteiger partial charge in [-0.25, -0.2) is 8.42 Å². The van der Waals surface area contributed by atoms with E-state index in [4.69, 9.17) is 5.73 Å². The third kappa shape index (κ3) is 2.84. The zero-order valence-electron chi connectivity index (χ0n) is 9.65. The van der Waals surface area contributed by atoms with Crippen LogP contribution in [0.1, 0.15) is 5.69 Å². The Labute approximate surface area is 106 Å². The number of aromatic nitrogens is 2. The highest BCUT2D eigenvalue weighted by Gasteiger charge is 2.17. The van der Waals surface area contributed by atoms with E-state index >= 15 is 0 Å². The van der Waals surface area contributed by atoms with E-state index in [-0.39, 0.29) is 16.3 Å². The Kier molecular flexibility index (Phi) is 3.57. The fourth-order valence-electron chi connectivity index (χ4n) is 1.57. The highest BCUT2D eigenvalue weighted by Crippen LogP contribution is 2.18. The molecule has 0 bridgehead atoms. The third-order valence-corrected chi connectivity index (χ3v) is 4.28. The minimum Gasteiger partial charge on any atom is -0.396 e. The Morgan fingerprint density at radius 3 is 2.67 bits per heavy atom. The SMILES string of the molecule is Nc1cnccc1S(=O)(=O)CCc1ccccn1. The van der Waals surface area contributed by atoms with Gasteiger partial charge in [-0.3, -0.25) is 9.97 Å². The predicted octanol–water partition coefficient (Wildman–Crippen LogP) is 1.08. The molecule has 0 saturated heterocycles. The van der Waals surface area contributed by atoms with Crippen LogP contribution in [-0.4, -0.2) is 24.1 Å². The first-order valence-corrected chi connectivity index (χ1v) is 7.07. The van der Waals surface area contributed by atoms with Gasteiger partial charge in [0, 0.05) is 24.5 Å². The molecule has 0 amide bonds. The topological polar surface area (TPSA) is 85.9 Å². The Morgan fingerprint density at radius 2 is 2.00 bits per heavy atom. The van der Waals surface area contributed by atoms with E-state index in [1.54, 1.807) is 18.3 Å². The van der Waals surface area contributed by atoms with Crippen molar-refractivity contribution in [2.24, 2.45) is 0 Å². The van der Waals surface area contributed by atoms with Crippen LogP contribution < -0.4 is 5.73 Å². The second-order valence-corrected chi connectivity index (χ2v) is 5.88. The summed E-state index contributed by atoms with van der Waals surface area (Å²) in [5, 5.41) is 0. The highest BCUT2D eigenvalue weighted by atomic mass is 32.2. The second kappa shape index (κ2) is 5.14. The molecule has 0 aromatic carbocycles. The summed E-state index contributed by atoms with van der Waals surface area (Å²) in [6.07, 6.45) is 4.77. The van der Waals surface area contributed by atoms with Crippen LogP contribution in [0.5, 0.6) is 0 Å². The maximum atomic E-state index is 12.1. The maximum absolute atomic E-state index is 12.1. The number of pyridine rings is 2. The fourth-order valence-corrected chi connectivity index (χ4v) is 2.95. The molecule has 2 rings (SSSR count). The van der Waals surface area contributed by atoms with Crippen molar-refractivity contribution in [1.29, 1.82) is 0 Å². The van der Waals surface area contributed by atoms with Crippen molar-refractivity contribution >= 4 is 15.5 Å². The molecule has 6 heteroatoms. The lowest BCUT2D eigenvalue weighted by molar-refractivity contribution is 0.595. The van der Waals surface area contributed by atoms with Crippen LogP contribution in [0.4, 0.5) is 5.69 Å². The molecule has 2 N–H and O–H groups in total. The lowest BCUT2D eigenvalue weighted by atomic mass is 10.3. The predicted molar refractivity (Wildman–Crippen MR) is 68.6 cm³/mol. The lowest BCUT2D eigenvalue weighted by Gasteiger charge is -2.06. The maximum Gasteiger partial charge on any atom is 0.180 e. The number of hydrogen-bond acceptors (Lipinski definition) is 5. The first-order chi connectivity index (χ1) is 8.59. The van der Waals surface area contributed by atoms with Gasteiger partial charge in [0.05, 0.1) is 22.5 Å². The van der Waals surface area contributed by atoms with Crippen LogP contribution in [0.2, 0.25) is 0 Å². The molecular formula is C12H13N3O2S. The highest BCUT2D eigenvalue weighted by molar-refractivity contribution is 7.91. The summed E-state index contributed by atoms with van der Waals surface area (Å²) >= 11 is 0. The van der Waals surface area contributed by atoms with Crippen LogP contribution in [0.25, 0.3) is 0 Å². The third-order valence-electron chi connectivity index (χ3n) is 2.50. The molecule has 2 aromatic rings. The molecule has 18 heavy (non-hydrogen) atoms. The number of rotatable bonds is 4. The van der Waals surface area contributed by atoms with Crippen molar-refractivity contribution in [2.45, 2.75) is 11.3 Å². The minimum absolute atomic E-state index is 0.0156. The van der Waals surface area contributed by atoms with Gasteiger partial charge < -0.3 is 5.73 Å². The van der Waals surface area contributed by atoms with Crippen molar-refractivity contribution in [3.8, 4) is 0 Å². The normalized spacial score (nSPS) is 11.3. The summed E-state index contributed by atoms with van der Waals surface area (Å²) in [7, 11) is -3.39. The van der Waals surface area contributed by atoms with Gasteiger partial charge in [-0.05, 0) is 18.2 Å². The number of nitrogens with two attached hydrogens (primary N) is 1. The van der Waals surface area contributed by atoms with Crippen LogP contribution in [0, 0.1) is 0 Å². The largest absolute Gasteiger partial charge is 0.396 e. The van der Waals surface area contributed by atoms with E-state index in [1.807, 2.05) is 6.07 Å². The molecule has 0 radical (unpaired) electrons. The first-order valence-electron chi connectivity index (χ1n) is 5.42. The Balaban J connectivity index is 2.16. The molecule has 0 aliphatic carbocycles. The van der Waals surface area contributed by atoms with E-state index in [1.165, 1.54) is 18.5 Å². The van der Waals surface area contributed by atoms with E-state index in [0.717, 1.165) is 5.69 Å². The van der Waals surface area contributed by atoms with E-state index in [9.17, 15) is 8.42 Å². The summed E-state index contributed by atoms with van der Waals surface area (Å²) in [6, 6.07) is 6.84. The van der Waals surface area contributed by atoms with E-state index in [0.29, 0.717) is 6.42 Å². The van der Waals surface area contributed by atoms with E-state index in [2.05, 4.69) is 9.97 Å². The zero-order chi connectivity index (χ0) is 13.0. The summed E-state index contributed by atoms with van der Waals surface area (Å²) in [6.45, 7) is 0. The molecular weight excluding hydrogens is 250 g/mol. The van der Waals surface area contributed by atoms with Gasteiger partial charge in [0.15, 0.2) is 9.84 Å². The average Bonchev–Trinajstić information content (AvgIpc) is 2.38. The summed E-state index contributed by atoms with van der Waals surface area (Å²) in [5.74, 6) is -0.0156. The van der Waals surface area contributed by atoms with E-state index < -0.39 is 9.84 Å². The van der Waals surface area contributed by atoms with Crippen LogP contribution >= 0.6 is 0 Å². The van der Waals surface area contributed by atoms with Gasteiger partial charge in [0.2, 0.25) is 0 Å². The summed E-state index contributed by atoms with van der Waals surface area (Å²) < 4.78 is 24.2. The zero-order valence-corrected chi connectivity index (χ0v) is 10.5. The van der Waals surface area contributed by atoms with Crippen LogP contribution in [-0.2, 0) is 16.3 Å². The molecule has 0 atom stereocenters. The van der Waals surface area contributed by atoms with Crippen molar-refractivity contribution in [3.05, 3.63) is 48.5 Å². The number of nitrogen functional groups attached to an aromatic ring is 1.